The zero-order chi connectivity index (χ0) is 26.5. The van der Waals surface area contributed by atoms with Crippen LogP contribution in [0.25, 0.3) is 0 Å². The van der Waals surface area contributed by atoms with Crippen LogP contribution in [-0.2, 0) is 19.1 Å². The lowest BCUT2D eigenvalue weighted by molar-refractivity contribution is -0.158. The number of hydrogen-bond acceptors (Lipinski definition) is 5. The van der Waals surface area contributed by atoms with Crippen LogP contribution in [0, 0.1) is 35.0 Å². The molecule has 0 unspecified atom stereocenters. The van der Waals surface area contributed by atoms with Crippen molar-refractivity contribution in [2.75, 3.05) is 0 Å². The number of aliphatic hydroxyl groups is 1. The Hall–Kier alpha value is -2.47. The molecule has 0 bridgehead atoms. The standard InChI is InChI=1S/C30H40O6/c1-15-7-8-20(12-23-19(5)25(31)14-22(15)23)18(4)29(35)36-26-11-16(2)24-13-21(17(3)28(33)34)9-10-30(24,6)27(26)32/h11,15,20-22,24,26-27,32H,3-4,7-10,12-14H2,1-2,5-6H3,(H,33,34)/t15-,20+,21+,22-,24-,26+,27-,30+/m0/s1. The van der Waals surface area contributed by atoms with E-state index in [1.165, 1.54) is 5.57 Å². The van der Waals surface area contributed by atoms with Gasteiger partial charge in [0.2, 0.25) is 0 Å². The molecule has 4 aliphatic rings. The smallest absolute Gasteiger partial charge is 0.334 e. The minimum absolute atomic E-state index is 0.00408. The third kappa shape index (κ3) is 4.53. The molecule has 4 aliphatic carbocycles. The van der Waals surface area contributed by atoms with Gasteiger partial charge in [-0.3, -0.25) is 4.79 Å². The van der Waals surface area contributed by atoms with Crippen molar-refractivity contribution in [3.63, 3.8) is 0 Å². The predicted octanol–water partition coefficient (Wildman–Crippen LogP) is 5.18. The number of ether oxygens (including phenoxy) is 1. The highest BCUT2D eigenvalue weighted by Gasteiger charge is 2.52. The maximum absolute atomic E-state index is 13.3. The Labute approximate surface area is 214 Å². The van der Waals surface area contributed by atoms with Crippen LogP contribution < -0.4 is 0 Å². The second kappa shape index (κ2) is 9.77. The number of carbonyl (C=O) groups excluding carboxylic acids is 2. The topological polar surface area (TPSA) is 101 Å². The average Bonchev–Trinajstić information content (AvgIpc) is 3.01. The monoisotopic (exact) mass is 496 g/mol. The summed E-state index contributed by atoms with van der Waals surface area (Å²) in [5.74, 6) is -0.798. The molecule has 4 rings (SSSR count). The first-order valence-electron chi connectivity index (χ1n) is 13.3. The molecule has 0 spiro atoms. The fourth-order valence-electron chi connectivity index (χ4n) is 7.30. The number of carboxylic acid groups (broad SMARTS) is 1. The number of ketones is 1. The van der Waals surface area contributed by atoms with Crippen molar-refractivity contribution < 1.29 is 29.3 Å². The first-order valence-corrected chi connectivity index (χ1v) is 13.3. The lowest BCUT2D eigenvalue weighted by atomic mass is 9.55. The Morgan fingerprint density at radius 2 is 1.78 bits per heavy atom. The van der Waals surface area contributed by atoms with Gasteiger partial charge in [0.25, 0.3) is 0 Å². The summed E-state index contributed by atoms with van der Waals surface area (Å²) in [6.07, 6.45) is 5.02. The van der Waals surface area contributed by atoms with E-state index in [2.05, 4.69) is 20.1 Å². The minimum atomic E-state index is -0.973. The van der Waals surface area contributed by atoms with Crippen LogP contribution in [0.5, 0.6) is 0 Å². The molecule has 0 aromatic rings. The van der Waals surface area contributed by atoms with Gasteiger partial charge in [0.1, 0.15) is 12.2 Å². The number of Topliss-reactive ketones (excluding diaryl/α,β-unsaturated/α-hetero) is 1. The van der Waals surface area contributed by atoms with E-state index in [4.69, 9.17) is 4.74 Å². The van der Waals surface area contributed by atoms with E-state index < -0.39 is 29.6 Å². The molecule has 196 valence electrons. The molecule has 0 aromatic heterocycles. The number of fused-ring (bicyclic) bond motifs is 2. The summed E-state index contributed by atoms with van der Waals surface area (Å²) in [6.45, 7) is 15.9. The molecule has 0 amide bonds. The maximum atomic E-state index is 13.3. The van der Waals surface area contributed by atoms with Gasteiger partial charge in [0, 0.05) is 23.0 Å². The Morgan fingerprint density at radius 1 is 1.08 bits per heavy atom. The van der Waals surface area contributed by atoms with E-state index in [9.17, 15) is 24.6 Å². The highest BCUT2D eigenvalue weighted by Crippen LogP contribution is 2.54. The normalized spacial score (nSPS) is 38.4. The van der Waals surface area contributed by atoms with Gasteiger partial charge >= 0.3 is 11.9 Å². The second-order valence-corrected chi connectivity index (χ2v) is 12.0. The number of allylic oxidation sites excluding steroid dienone is 3. The molecule has 2 N–H and O–H groups in total. The van der Waals surface area contributed by atoms with Gasteiger partial charge in [-0.05, 0) is 93.6 Å². The molecule has 6 heteroatoms. The van der Waals surface area contributed by atoms with Crippen LogP contribution in [0.4, 0.5) is 0 Å². The van der Waals surface area contributed by atoms with E-state index >= 15 is 0 Å². The van der Waals surface area contributed by atoms with Crippen LogP contribution in [0.2, 0.25) is 0 Å². The van der Waals surface area contributed by atoms with Gasteiger partial charge < -0.3 is 14.9 Å². The van der Waals surface area contributed by atoms with Gasteiger partial charge in [-0.15, -0.1) is 0 Å². The highest BCUT2D eigenvalue weighted by molar-refractivity contribution is 5.98. The number of carboxylic acids is 1. The predicted molar refractivity (Wildman–Crippen MR) is 137 cm³/mol. The number of aliphatic hydroxyl groups excluding tert-OH is 1. The zero-order valence-electron chi connectivity index (χ0n) is 22.0. The zero-order valence-corrected chi connectivity index (χ0v) is 22.0. The summed E-state index contributed by atoms with van der Waals surface area (Å²) < 4.78 is 5.88. The largest absolute Gasteiger partial charge is 0.478 e. The maximum Gasteiger partial charge on any atom is 0.334 e. The molecule has 0 saturated heterocycles. The summed E-state index contributed by atoms with van der Waals surface area (Å²) in [5.41, 5.74) is 3.14. The third-order valence-electron chi connectivity index (χ3n) is 9.95. The van der Waals surface area contributed by atoms with Crippen molar-refractivity contribution in [2.45, 2.75) is 84.8 Å². The summed E-state index contributed by atoms with van der Waals surface area (Å²) in [6, 6.07) is 0. The van der Waals surface area contributed by atoms with Crippen molar-refractivity contribution >= 4 is 17.7 Å². The molecule has 0 heterocycles. The second-order valence-electron chi connectivity index (χ2n) is 12.0. The van der Waals surface area contributed by atoms with Crippen LogP contribution in [0.1, 0.15) is 72.6 Å². The first-order chi connectivity index (χ1) is 16.8. The quantitative estimate of drug-likeness (QED) is 0.309. The van der Waals surface area contributed by atoms with Crippen molar-refractivity contribution in [2.24, 2.45) is 35.0 Å². The SMILES string of the molecule is C=C(C(=O)O)[C@@H]1CC[C@]2(C)[C@@H](C1)C(C)=C[C@@H](OC(=O)C(=C)[C@@H]1CC[C@H](C)[C@@H]3CC(=O)C(C)=C3C1)[C@@H]2O. The summed E-state index contributed by atoms with van der Waals surface area (Å²) in [7, 11) is 0. The number of carbonyl (C=O) groups is 3. The molecule has 2 fully saturated rings. The molecule has 6 nitrogen and oxygen atoms in total. The molecular formula is C30H40O6. The Morgan fingerprint density at radius 3 is 2.44 bits per heavy atom. The first kappa shape index (κ1) is 26.6. The molecule has 8 atom stereocenters. The Balaban J connectivity index is 1.48. The van der Waals surface area contributed by atoms with E-state index in [-0.39, 0.29) is 35.0 Å². The van der Waals surface area contributed by atoms with E-state index in [1.54, 1.807) is 0 Å². The van der Waals surface area contributed by atoms with Crippen LogP contribution >= 0.6 is 0 Å². The van der Waals surface area contributed by atoms with E-state index in [0.29, 0.717) is 43.6 Å². The number of esters is 1. The van der Waals surface area contributed by atoms with Gasteiger partial charge in [0.05, 0.1) is 0 Å². The lowest BCUT2D eigenvalue weighted by Gasteiger charge is -2.51. The number of rotatable bonds is 5. The molecular weight excluding hydrogens is 456 g/mol. The molecule has 0 aliphatic heterocycles. The molecule has 0 radical (unpaired) electrons. The van der Waals surface area contributed by atoms with Crippen molar-refractivity contribution in [3.05, 3.63) is 47.1 Å². The van der Waals surface area contributed by atoms with Gasteiger partial charge in [0.15, 0.2) is 5.78 Å². The minimum Gasteiger partial charge on any atom is -0.478 e. The van der Waals surface area contributed by atoms with E-state index in [0.717, 1.165) is 24.0 Å². The summed E-state index contributed by atoms with van der Waals surface area (Å²) in [4.78, 5) is 37.0. The van der Waals surface area contributed by atoms with E-state index in [1.807, 2.05) is 26.8 Å². The number of aliphatic carboxylic acids is 1. The van der Waals surface area contributed by atoms with Crippen molar-refractivity contribution in [1.29, 1.82) is 0 Å². The summed E-state index contributed by atoms with van der Waals surface area (Å²) in [5, 5.41) is 20.7. The van der Waals surface area contributed by atoms with Crippen LogP contribution in [0.15, 0.2) is 47.1 Å². The fourth-order valence-corrected chi connectivity index (χ4v) is 7.30. The number of hydrogen-bond donors (Lipinski definition) is 2. The van der Waals surface area contributed by atoms with Crippen LogP contribution in [-0.4, -0.2) is 40.1 Å². The van der Waals surface area contributed by atoms with Gasteiger partial charge in [-0.25, -0.2) is 9.59 Å². The van der Waals surface area contributed by atoms with Crippen molar-refractivity contribution in [1.82, 2.24) is 0 Å². The van der Waals surface area contributed by atoms with Crippen molar-refractivity contribution in [3.8, 4) is 0 Å². The average molecular weight is 497 g/mol. The molecule has 0 aromatic carbocycles. The summed E-state index contributed by atoms with van der Waals surface area (Å²) >= 11 is 0. The molecule has 2 saturated carbocycles. The Bertz CT molecular complexity index is 1060. The Kier molecular flexibility index (Phi) is 7.22. The van der Waals surface area contributed by atoms with Gasteiger partial charge in [-0.2, -0.15) is 0 Å². The fraction of sp³-hybridized carbons (Fsp3) is 0.633. The van der Waals surface area contributed by atoms with Gasteiger partial charge in [-0.1, -0.05) is 38.2 Å². The lowest BCUT2D eigenvalue weighted by Crippen LogP contribution is -2.53. The molecule has 36 heavy (non-hydrogen) atoms. The third-order valence-corrected chi connectivity index (χ3v) is 9.95. The highest BCUT2D eigenvalue weighted by atomic mass is 16.6. The van der Waals surface area contributed by atoms with Crippen LogP contribution in [0.3, 0.4) is 0 Å².